The lowest BCUT2D eigenvalue weighted by molar-refractivity contribution is 0.485. The van der Waals surface area contributed by atoms with Gasteiger partial charge < -0.3 is 5.73 Å². The molecule has 0 aliphatic carbocycles. The highest BCUT2D eigenvalue weighted by atomic mass is 32.2. The lowest BCUT2D eigenvalue weighted by Gasteiger charge is -1.99. The Balaban J connectivity index is 2.47. The first kappa shape index (κ1) is 13.0. The van der Waals surface area contributed by atoms with E-state index in [1.165, 1.54) is 0 Å². The molecule has 3 N–H and O–H groups in total. The lowest BCUT2D eigenvalue weighted by atomic mass is 10.3. The predicted molar refractivity (Wildman–Crippen MR) is 66.6 cm³/mol. The Morgan fingerprint density at radius 3 is 2.56 bits per heavy atom. The van der Waals surface area contributed by atoms with Crippen molar-refractivity contribution in [2.24, 2.45) is 10.7 Å². The molecule has 0 aliphatic heterocycles. The Morgan fingerprint density at radius 1 is 1.38 bits per heavy atom. The monoisotopic (exact) mass is 260 g/mol. The topological polar surface area (TPSA) is 92.8 Å². The molecule has 0 unspecified atom stereocenters. The first-order valence-electron chi connectivity index (χ1n) is 4.44. The molecule has 1 aromatic rings. The maximum absolute atomic E-state index is 10.4. The summed E-state index contributed by atoms with van der Waals surface area (Å²) in [5.41, 5.74) is 6.28. The zero-order valence-corrected chi connectivity index (χ0v) is 10.0. The summed E-state index contributed by atoms with van der Waals surface area (Å²) >= 11 is 1.09. The molecular weight excluding hydrogens is 248 g/mol. The maximum atomic E-state index is 10.4. The van der Waals surface area contributed by atoms with Gasteiger partial charge in [0.25, 0.3) is 10.1 Å². The van der Waals surface area contributed by atoms with Crippen molar-refractivity contribution in [3.63, 3.8) is 0 Å². The third kappa shape index (κ3) is 5.74. The number of nitrogens with zero attached hydrogens (tertiary/aromatic N) is 1. The molecule has 16 heavy (non-hydrogen) atoms. The van der Waals surface area contributed by atoms with Crippen LogP contribution in [0, 0.1) is 0 Å². The number of benzene rings is 1. The fraction of sp³-hybridized carbons (Fsp3) is 0.222. The van der Waals surface area contributed by atoms with Gasteiger partial charge in [0.15, 0.2) is 5.17 Å². The van der Waals surface area contributed by atoms with E-state index in [9.17, 15) is 8.42 Å². The number of para-hydroxylation sites is 1. The Bertz CT molecular complexity index is 457. The smallest absolute Gasteiger partial charge is 0.265 e. The van der Waals surface area contributed by atoms with Crippen LogP contribution < -0.4 is 5.73 Å². The average Bonchev–Trinajstić information content (AvgIpc) is 2.17. The fourth-order valence-corrected chi connectivity index (χ4v) is 2.47. The second-order valence-corrected chi connectivity index (χ2v) is 5.61. The number of rotatable bonds is 4. The molecule has 0 aromatic heterocycles. The highest BCUT2D eigenvalue weighted by Gasteiger charge is 2.04. The average molecular weight is 260 g/mol. The molecule has 0 aliphatic rings. The molecular formula is C9H12N2O3S2. The van der Waals surface area contributed by atoms with E-state index in [4.69, 9.17) is 10.3 Å². The second-order valence-electron chi connectivity index (χ2n) is 2.92. The Hall–Kier alpha value is -1.05. The van der Waals surface area contributed by atoms with Gasteiger partial charge in [-0.3, -0.25) is 4.55 Å². The van der Waals surface area contributed by atoms with E-state index in [1.807, 2.05) is 18.2 Å². The molecule has 0 saturated carbocycles. The van der Waals surface area contributed by atoms with Gasteiger partial charge in [-0.25, -0.2) is 4.99 Å². The van der Waals surface area contributed by atoms with Crippen molar-refractivity contribution in [3.05, 3.63) is 30.3 Å². The van der Waals surface area contributed by atoms with Crippen LogP contribution in [0.1, 0.15) is 0 Å². The van der Waals surface area contributed by atoms with E-state index in [2.05, 4.69) is 4.99 Å². The van der Waals surface area contributed by atoms with Crippen LogP contribution in [-0.4, -0.2) is 29.6 Å². The first-order chi connectivity index (χ1) is 7.47. The molecule has 7 heteroatoms. The summed E-state index contributed by atoms with van der Waals surface area (Å²) in [7, 11) is -3.92. The van der Waals surface area contributed by atoms with Gasteiger partial charge in [-0.2, -0.15) is 8.42 Å². The minimum absolute atomic E-state index is 0.182. The lowest BCUT2D eigenvalue weighted by Crippen LogP contribution is -2.12. The van der Waals surface area contributed by atoms with Crippen LogP contribution in [0.25, 0.3) is 0 Å². The van der Waals surface area contributed by atoms with Crippen LogP contribution >= 0.6 is 11.8 Å². The van der Waals surface area contributed by atoms with Crippen LogP contribution in [0.15, 0.2) is 35.3 Å². The van der Waals surface area contributed by atoms with Crippen molar-refractivity contribution < 1.29 is 13.0 Å². The maximum Gasteiger partial charge on any atom is 0.265 e. The van der Waals surface area contributed by atoms with Crippen molar-refractivity contribution in [2.75, 3.05) is 11.5 Å². The van der Waals surface area contributed by atoms with Crippen LogP contribution in [-0.2, 0) is 10.1 Å². The largest absolute Gasteiger partial charge is 0.378 e. The van der Waals surface area contributed by atoms with Crippen molar-refractivity contribution in [3.8, 4) is 0 Å². The molecule has 1 rings (SSSR count). The number of hydrogen-bond donors (Lipinski definition) is 2. The van der Waals surface area contributed by atoms with Crippen molar-refractivity contribution in [1.82, 2.24) is 0 Å². The molecule has 0 fully saturated rings. The van der Waals surface area contributed by atoms with E-state index in [0.29, 0.717) is 5.69 Å². The first-order valence-corrected chi connectivity index (χ1v) is 7.04. The summed E-state index contributed by atoms with van der Waals surface area (Å²) in [6.07, 6.45) is 0. The van der Waals surface area contributed by atoms with E-state index in [0.717, 1.165) is 11.8 Å². The second kappa shape index (κ2) is 5.88. The quantitative estimate of drug-likeness (QED) is 0.483. The molecule has 0 bridgehead atoms. The van der Waals surface area contributed by atoms with Gasteiger partial charge in [0.1, 0.15) is 0 Å². The van der Waals surface area contributed by atoms with Crippen LogP contribution in [0.2, 0.25) is 0 Å². The molecule has 0 radical (unpaired) electrons. The molecule has 0 saturated heterocycles. The zero-order chi connectivity index (χ0) is 12.0. The molecule has 1 aromatic carbocycles. The summed E-state index contributed by atoms with van der Waals surface area (Å²) < 4.78 is 29.4. The number of amidine groups is 1. The van der Waals surface area contributed by atoms with E-state index >= 15 is 0 Å². The van der Waals surface area contributed by atoms with Crippen LogP contribution in [0.5, 0.6) is 0 Å². The molecule has 5 nitrogen and oxygen atoms in total. The van der Waals surface area contributed by atoms with E-state index in [1.54, 1.807) is 12.1 Å². The Morgan fingerprint density at radius 2 is 2.00 bits per heavy atom. The van der Waals surface area contributed by atoms with Gasteiger partial charge in [0.2, 0.25) is 0 Å². The summed E-state index contributed by atoms with van der Waals surface area (Å²) in [6.45, 7) is 0. The third-order valence-electron chi connectivity index (χ3n) is 1.59. The minimum atomic E-state index is -3.92. The zero-order valence-electron chi connectivity index (χ0n) is 8.41. The summed E-state index contributed by atoms with van der Waals surface area (Å²) in [5, 5.41) is 0.273. The van der Waals surface area contributed by atoms with Gasteiger partial charge in [-0.05, 0) is 12.1 Å². The Labute approximate surface area is 98.5 Å². The van der Waals surface area contributed by atoms with Crippen LogP contribution in [0.4, 0.5) is 5.69 Å². The fourth-order valence-electron chi connectivity index (χ4n) is 0.914. The summed E-state index contributed by atoms with van der Waals surface area (Å²) in [4.78, 5) is 4.06. The molecule has 88 valence electrons. The number of aliphatic imine (C=N–C) groups is 1. The van der Waals surface area contributed by atoms with Gasteiger partial charge in [-0.1, -0.05) is 30.0 Å². The number of nitrogens with two attached hydrogens (primary N) is 1. The molecule has 0 atom stereocenters. The minimum Gasteiger partial charge on any atom is -0.378 e. The van der Waals surface area contributed by atoms with Crippen molar-refractivity contribution in [1.29, 1.82) is 0 Å². The highest BCUT2D eigenvalue weighted by molar-refractivity contribution is 8.14. The molecule has 0 amide bonds. The molecule has 0 heterocycles. The highest BCUT2D eigenvalue weighted by Crippen LogP contribution is 2.12. The van der Waals surface area contributed by atoms with Gasteiger partial charge in [-0.15, -0.1) is 0 Å². The van der Waals surface area contributed by atoms with Gasteiger partial charge in [0, 0.05) is 5.75 Å². The van der Waals surface area contributed by atoms with Gasteiger partial charge >= 0.3 is 0 Å². The SMILES string of the molecule is NC(=Nc1ccccc1)SCCS(=O)(=O)O. The molecule has 0 spiro atoms. The standard InChI is InChI=1S/C9H12N2O3S2/c10-9(15-6-7-16(12,13)14)11-8-4-2-1-3-5-8/h1-5H,6-7H2,(H2,10,11)(H,12,13,14). The van der Waals surface area contributed by atoms with Crippen molar-refractivity contribution >= 4 is 32.7 Å². The van der Waals surface area contributed by atoms with E-state index < -0.39 is 10.1 Å². The normalized spacial score (nSPS) is 12.7. The number of hydrogen-bond acceptors (Lipinski definition) is 4. The third-order valence-corrected chi connectivity index (χ3v) is 3.36. The predicted octanol–water partition coefficient (Wildman–Crippen LogP) is 1.25. The van der Waals surface area contributed by atoms with E-state index in [-0.39, 0.29) is 16.7 Å². The Kier molecular flexibility index (Phi) is 4.78. The number of thioether (sulfide) groups is 1. The van der Waals surface area contributed by atoms with Crippen molar-refractivity contribution in [2.45, 2.75) is 0 Å². The van der Waals surface area contributed by atoms with Crippen LogP contribution in [0.3, 0.4) is 0 Å². The summed E-state index contributed by atoms with van der Waals surface area (Å²) in [6, 6.07) is 9.09. The van der Waals surface area contributed by atoms with Gasteiger partial charge in [0.05, 0.1) is 11.4 Å². The summed E-state index contributed by atoms with van der Waals surface area (Å²) in [5.74, 6) is -0.149.